The van der Waals surface area contributed by atoms with E-state index in [-0.39, 0.29) is 5.97 Å². The summed E-state index contributed by atoms with van der Waals surface area (Å²) in [7, 11) is 0. The number of aliphatic carboxylic acids is 2. The number of carboxylic acids is 2. The molecule has 0 fully saturated rings. The summed E-state index contributed by atoms with van der Waals surface area (Å²) in [6, 6.07) is 0. The third-order valence-electron chi connectivity index (χ3n) is 0.984. The van der Waals surface area contributed by atoms with Gasteiger partial charge in [-0.15, -0.1) is 13.2 Å². The third kappa shape index (κ3) is 29.2. The average molecular weight is 258 g/mol. The van der Waals surface area contributed by atoms with Gasteiger partial charge in [-0.2, -0.15) is 0 Å². The van der Waals surface area contributed by atoms with Crippen LogP contribution in [0.3, 0.4) is 0 Å². The maximum absolute atomic E-state index is 10.2. The Morgan fingerprint density at radius 1 is 1.11 bits per heavy atom. The summed E-state index contributed by atoms with van der Waals surface area (Å²) >= 11 is 0. The van der Waals surface area contributed by atoms with E-state index in [2.05, 4.69) is 24.5 Å². The van der Waals surface area contributed by atoms with Crippen molar-refractivity contribution in [1.82, 2.24) is 0 Å². The van der Waals surface area contributed by atoms with Crippen LogP contribution in [-0.2, 0) is 19.1 Å². The van der Waals surface area contributed by atoms with Gasteiger partial charge in [0.25, 0.3) is 0 Å². The molecule has 0 aliphatic carbocycles. The summed E-state index contributed by atoms with van der Waals surface area (Å²) < 4.78 is 4.58. The minimum atomic E-state index is -1.26. The molecular formula is C12H18O6. The van der Waals surface area contributed by atoms with E-state index in [9.17, 15) is 14.4 Å². The highest BCUT2D eigenvalue weighted by Crippen LogP contribution is 1.81. The number of carbonyl (C=O) groups is 3. The smallest absolute Gasteiger partial charge is 0.330 e. The molecule has 2 N–H and O–H groups in total. The highest BCUT2D eigenvalue weighted by molar-refractivity contribution is 5.89. The molecule has 0 atom stereocenters. The highest BCUT2D eigenvalue weighted by Gasteiger charge is 1.89. The lowest BCUT2D eigenvalue weighted by atomic mass is 10.5. The van der Waals surface area contributed by atoms with Crippen molar-refractivity contribution in [3.63, 3.8) is 0 Å². The Bertz CT molecular complexity index is 277. The van der Waals surface area contributed by atoms with Gasteiger partial charge in [0.15, 0.2) is 0 Å². The Balaban J connectivity index is -0.000000219. The van der Waals surface area contributed by atoms with Crippen LogP contribution >= 0.6 is 0 Å². The number of carboxylic acid groups (broad SMARTS) is 2. The molecule has 0 spiro atoms. The Morgan fingerprint density at radius 2 is 1.50 bits per heavy atom. The first-order valence-corrected chi connectivity index (χ1v) is 4.87. The van der Waals surface area contributed by atoms with E-state index in [0.717, 1.165) is 12.5 Å². The molecule has 0 aromatic carbocycles. The van der Waals surface area contributed by atoms with Crippen LogP contribution in [0.4, 0.5) is 0 Å². The second-order valence-corrected chi connectivity index (χ2v) is 2.38. The van der Waals surface area contributed by atoms with E-state index in [1.165, 1.54) is 0 Å². The number of rotatable bonds is 5. The minimum Gasteiger partial charge on any atom is -0.478 e. The van der Waals surface area contributed by atoms with E-state index < -0.39 is 11.9 Å². The van der Waals surface area contributed by atoms with Crippen LogP contribution in [0.15, 0.2) is 38.0 Å². The fourth-order valence-corrected chi connectivity index (χ4v) is 0.404. The molecule has 0 aromatic rings. The monoisotopic (exact) mass is 258 g/mol. The van der Waals surface area contributed by atoms with Gasteiger partial charge in [0.1, 0.15) is 0 Å². The lowest BCUT2D eigenvalue weighted by Gasteiger charge is -1.94. The molecule has 0 radical (unpaired) electrons. The van der Waals surface area contributed by atoms with Crippen LogP contribution < -0.4 is 0 Å². The van der Waals surface area contributed by atoms with Gasteiger partial charge in [-0.05, 0) is 6.42 Å². The SMILES string of the molecule is C=C.C=CC(=O)OCCC.O=C(O)/C=C\C(=O)O. The van der Waals surface area contributed by atoms with E-state index >= 15 is 0 Å². The number of carbonyl (C=O) groups excluding carboxylic acids is 1. The van der Waals surface area contributed by atoms with Crippen LogP contribution in [0.25, 0.3) is 0 Å². The average Bonchev–Trinajstić information content (AvgIpc) is 2.36. The fourth-order valence-electron chi connectivity index (χ4n) is 0.404. The number of hydrogen-bond donors (Lipinski definition) is 2. The first kappa shape index (κ1) is 21.0. The molecule has 0 aliphatic heterocycles. The van der Waals surface area contributed by atoms with Gasteiger partial charge in [-0.3, -0.25) is 0 Å². The summed E-state index contributed by atoms with van der Waals surface area (Å²) in [6.07, 6.45) is 3.14. The number of hydrogen-bond acceptors (Lipinski definition) is 4. The van der Waals surface area contributed by atoms with Crippen molar-refractivity contribution < 1.29 is 29.3 Å². The standard InChI is InChI=1S/C6H10O2.C4H4O4.C2H4/c1-3-5-8-6(7)4-2;5-3(6)1-2-4(7)8;1-2/h4H,2-3,5H2,1H3;1-2H,(H,5,6)(H,7,8);1-2H2/b;2-1-;. The summed E-state index contributed by atoms with van der Waals surface area (Å²) in [5, 5.41) is 15.6. The summed E-state index contributed by atoms with van der Waals surface area (Å²) in [4.78, 5) is 29.3. The van der Waals surface area contributed by atoms with Gasteiger partial charge in [0.05, 0.1) is 6.61 Å². The van der Waals surface area contributed by atoms with Crippen LogP contribution in [0.2, 0.25) is 0 Å². The van der Waals surface area contributed by atoms with Crippen molar-refractivity contribution in [2.45, 2.75) is 13.3 Å². The maximum atomic E-state index is 10.2. The molecular weight excluding hydrogens is 240 g/mol. The minimum absolute atomic E-state index is 0.341. The molecule has 0 bridgehead atoms. The molecule has 18 heavy (non-hydrogen) atoms. The van der Waals surface area contributed by atoms with Crippen LogP contribution in [0, 0.1) is 0 Å². The Labute approximate surface area is 106 Å². The van der Waals surface area contributed by atoms with Gasteiger partial charge in [0.2, 0.25) is 0 Å². The van der Waals surface area contributed by atoms with E-state index in [1.807, 2.05) is 6.92 Å². The second-order valence-electron chi connectivity index (χ2n) is 2.38. The zero-order chi connectivity index (χ0) is 15.0. The molecule has 6 heteroatoms. The van der Waals surface area contributed by atoms with Crippen molar-refractivity contribution in [3.8, 4) is 0 Å². The molecule has 0 heterocycles. The van der Waals surface area contributed by atoms with Crippen LogP contribution in [-0.4, -0.2) is 34.7 Å². The van der Waals surface area contributed by atoms with E-state index in [0.29, 0.717) is 18.8 Å². The van der Waals surface area contributed by atoms with E-state index in [4.69, 9.17) is 10.2 Å². The van der Waals surface area contributed by atoms with Gasteiger partial charge >= 0.3 is 17.9 Å². The molecule has 0 saturated heterocycles. The van der Waals surface area contributed by atoms with Crippen molar-refractivity contribution >= 4 is 17.9 Å². The number of esters is 1. The molecule has 0 unspecified atom stereocenters. The Kier molecular flexibility index (Phi) is 19.9. The molecule has 0 rings (SSSR count). The molecule has 0 saturated carbocycles. The second kappa shape index (κ2) is 17.0. The predicted molar refractivity (Wildman–Crippen MR) is 67.1 cm³/mol. The lowest BCUT2D eigenvalue weighted by molar-refractivity contribution is -0.137. The van der Waals surface area contributed by atoms with Gasteiger partial charge in [-0.1, -0.05) is 13.5 Å². The Hall–Kier alpha value is -2.37. The maximum Gasteiger partial charge on any atom is 0.330 e. The Morgan fingerprint density at radius 3 is 1.72 bits per heavy atom. The van der Waals surface area contributed by atoms with Crippen molar-refractivity contribution in [2.24, 2.45) is 0 Å². The van der Waals surface area contributed by atoms with Crippen molar-refractivity contribution in [3.05, 3.63) is 38.0 Å². The summed E-state index contributed by atoms with van der Waals surface area (Å²) in [5.74, 6) is -2.85. The van der Waals surface area contributed by atoms with Gasteiger partial charge in [-0.25, -0.2) is 14.4 Å². The lowest BCUT2D eigenvalue weighted by Crippen LogP contribution is -1.99. The highest BCUT2D eigenvalue weighted by atomic mass is 16.5. The molecule has 0 aromatic heterocycles. The first-order chi connectivity index (χ1) is 8.43. The largest absolute Gasteiger partial charge is 0.478 e. The predicted octanol–water partition coefficient (Wildman–Crippen LogP) is 1.64. The van der Waals surface area contributed by atoms with Crippen molar-refractivity contribution in [1.29, 1.82) is 0 Å². The molecule has 0 aliphatic rings. The summed E-state index contributed by atoms with van der Waals surface area (Å²) in [6.45, 7) is 11.7. The van der Waals surface area contributed by atoms with Gasteiger partial charge < -0.3 is 14.9 Å². The summed E-state index contributed by atoms with van der Waals surface area (Å²) in [5.41, 5.74) is 0. The quantitative estimate of drug-likeness (QED) is 0.441. The molecule has 6 nitrogen and oxygen atoms in total. The topological polar surface area (TPSA) is 101 Å². The van der Waals surface area contributed by atoms with Crippen LogP contribution in [0.5, 0.6) is 0 Å². The zero-order valence-corrected chi connectivity index (χ0v) is 10.3. The van der Waals surface area contributed by atoms with Crippen LogP contribution in [0.1, 0.15) is 13.3 Å². The number of ether oxygens (including phenoxy) is 1. The molecule has 102 valence electrons. The fraction of sp³-hybridized carbons (Fsp3) is 0.250. The zero-order valence-electron chi connectivity index (χ0n) is 10.3. The molecule has 0 amide bonds. The van der Waals surface area contributed by atoms with Gasteiger partial charge in [0, 0.05) is 18.2 Å². The normalized spacial score (nSPS) is 8.06. The third-order valence-corrected chi connectivity index (χ3v) is 0.984. The van der Waals surface area contributed by atoms with Crippen molar-refractivity contribution in [2.75, 3.05) is 6.61 Å². The first-order valence-electron chi connectivity index (χ1n) is 4.87. The van der Waals surface area contributed by atoms with E-state index in [1.54, 1.807) is 0 Å².